The van der Waals surface area contributed by atoms with E-state index in [0.29, 0.717) is 50.4 Å². The van der Waals surface area contributed by atoms with Gasteiger partial charge in [-0.25, -0.2) is 4.79 Å². The van der Waals surface area contributed by atoms with Gasteiger partial charge in [0.05, 0.1) is 11.6 Å². The van der Waals surface area contributed by atoms with E-state index in [0.717, 1.165) is 0 Å². The van der Waals surface area contributed by atoms with Crippen molar-refractivity contribution < 1.29 is 9.59 Å². The zero-order chi connectivity index (χ0) is 16.8. The number of carbonyl (C=O) groups is 2. The van der Waals surface area contributed by atoms with Crippen molar-refractivity contribution >= 4 is 11.9 Å². The molecule has 0 aliphatic carbocycles. The normalized spacial score (nSPS) is 14.3. The third kappa shape index (κ3) is 3.81. The summed E-state index contributed by atoms with van der Waals surface area (Å²) in [5, 5.41) is 8.92. The number of amides is 3. The van der Waals surface area contributed by atoms with Crippen LogP contribution in [0.15, 0.2) is 24.3 Å². The van der Waals surface area contributed by atoms with Gasteiger partial charge in [-0.15, -0.1) is 0 Å². The lowest BCUT2D eigenvalue weighted by molar-refractivity contribution is 0.0641. The minimum absolute atomic E-state index is 0.0357. The van der Waals surface area contributed by atoms with E-state index in [9.17, 15) is 9.59 Å². The van der Waals surface area contributed by atoms with Crippen molar-refractivity contribution in [2.75, 3.05) is 39.3 Å². The number of rotatable bonds is 3. The molecule has 2 rings (SSSR count). The van der Waals surface area contributed by atoms with Crippen LogP contribution in [0.25, 0.3) is 0 Å². The first kappa shape index (κ1) is 16.8. The van der Waals surface area contributed by atoms with Gasteiger partial charge in [-0.1, -0.05) is 6.07 Å². The van der Waals surface area contributed by atoms with Crippen LogP contribution in [0.4, 0.5) is 4.79 Å². The first-order valence-electron chi connectivity index (χ1n) is 7.94. The summed E-state index contributed by atoms with van der Waals surface area (Å²) >= 11 is 0. The highest BCUT2D eigenvalue weighted by atomic mass is 16.2. The number of nitriles is 1. The molecule has 6 nitrogen and oxygen atoms in total. The van der Waals surface area contributed by atoms with Crippen LogP contribution in [0, 0.1) is 11.3 Å². The molecule has 0 unspecified atom stereocenters. The van der Waals surface area contributed by atoms with Crippen LogP contribution in [-0.2, 0) is 0 Å². The lowest BCUT2D eigenvalue weighted by Crippen LogP contribution is -2.54. The quantitative estimate of drug-likeness (QED) is 0.854. The molecular formula is C17H22N4O2. The minimum atomic E-state index is -0.0861. The SMILES string of the molecule is CCN(CC)C(=O)N1CCN(C(=O)c2cccc(C#N)c2)CC1. The van der Waals surface area contributed by atoms with Crippen molar-refractivity contribution in [3.8, 4) is 6.07 Å². The van der Waals surface area contributed by atoms with E-state index in [1.807, 2.05) is 19.9 Å². The lowest BCUT2D eigenvalue weighted by Gasteiger charge is -2.37. The zero-order valence-corrected chi connectivity index (χ0v) is 13.7. The Bertz CT molecular complexity index is 611. The van der Waals surface area contributed by atoms with Gasteiger partial charge in [0.25, 0.3) is 5.91 Å². The van der Waals surface area contributed by atoms with E-state index in [-0.39, 0.29) is 11.9 Å². The molecule has 1 aliphatic rings. The van der Waals surface area contributed by atoms with Gasteiger partial charge in [0.1, 0.15) is 0 Å². The van der Waals surface area contributed by atoms with Gasteiger partial charge in [0.15, 0.2) is 0 Å². The Kier molecular flexibility index (Phi) is 5.58. The highest BCUT2D eigenvalue weighted by molar-refractivity contribution is 5.94. The third-order valence-corrected chi connectivity index (χ3v) is 4.11. The van der Waals surface area contributed by atoms with E-state index in [1.165, 1.54) is 0 Å². The number of hydrogen-bond donors (Lipinski definition) is 0. The summed E-state index contributed by atoms with van der Waals surface area (Å²) in [7, 11) is 0. The molecule has 23 heavy (non-hydrogen) atoms. The topological polar surface area (TPSA) is 67.7 Å². The zero-order valence-electron chi connectivity index (χ0n) is 13.7. The van der Waals surface area contributed by atoms with Crippen LogP contribution in [0.5, 0.6) is 0 Å². The molecule has 0 N–H and O–H groups in total. The standard InChI is InChI=1S/C17H22N4O2/c1-3-19(4-2)17(23)21-10-8-20(9-11-21)16(22)15-7-5-6-14(12-15)13-18/h5-7,12H,3-4,8-11H2,1-2H3. The van der Waals surface area contributed by atoms with Gasteiger partial charge in [0.2, 0.25) is 0 Å². The van der Waals surface area contributed by atoms with E-state index >= 15 is 0 Å². The second-order valence-corrected chi connectivity index (χ2v) is 5.43. The predicted molar refractivity (Wildman–Crippen MR) is 87.0 cm³/mol. The third-order valence-electron chi connectivity index (χ3n) is 4.11. The maximum atomic E-state index is 12.5. The van der Waals surface area contributed by atoms with Crippen LogP contribution in [0.2, 0.25) is 0 Å². The first-order chi connectivity index (χ1) is 11.1. The first-order valence-corrected chi connectivity index (χ1v) is 7.94. The second-order valence-electron chi connectivity index (χ2n) is 5.43. The van der Waals surface area contributed by atoms with E-state index in [4.69, 9.17) is 5.26 Å². The number of urea groups is 1. The van der Waals surface area contributed by atoms with Gasteiger partial charge >= 0.3 is 6.03 Å². The molecule has 1 heterocycles. The fraction of sp³-hybridized carbons (Fsp3) is 0.471. The largest absolute Gasteiger partial charge is 0.335 e. The van der Waals surface area contributed by atoms with Crippen molar-refractivity contribution in [3.63, 3.8) is 0 Å². The number of benzene rings is 1. The summed E-state index contributed by atoms with van der Waals surface area (Å²) < 4.78 is 0. The fourth-order valence-electron chi connectivity index (χ4n) is 2.70. The molecule has 122 valence electrons. The van der Waals surface area contributed by atoms with Crippen LogP contribution in [-0.4, -0.2) is 65.9 Å². The molecule has 1 aromatic carbocycles. The summed E-state index contributed by atoms with van der Waals surface area (Å²) in [5.74, 6) is -0.0861. The van der Waals surface area contributed by atoms with Crippen LogP contribution < -0.4 is 0 Å². The molecule has 1 aromatic rings. The maximum Gasteiger partial charge on any atom is 0.320 e. The monoisotopic (exact) mass is 314 g/mol. The molecule has 6 heteroatoms. The summed E-state index contributed by atoms with van der Waals surface area (Å²) in [6.07, 6.45) is 0. The van der Waals surface area contributed by atoms with Crippen molar-refractivity contribution in [2.24, 2.45) is 0 Å². The van der Waals surface area contributed by atoms with E-state index in [1.54, 1.807) is 39.0 Å². The Labute approximate surface area is 136 Å². The number of hydrogen-bond acceptors (Lipinski definition) is 3. The molecule has 0 saturated carbocycles. The Balaban J connectivity index is 1.97. The van der Waals surface area contributed by atoms with Gasteiger partial charge in [-0.05, 0) is 32.0 Å². The number of carbonyl (C=O) groups excluding carboxylic acids is 2. The Hall–Kier alpha value is -2.55. The van der Waals surface area contributed by atoms with Gasteiger partial charge in [0, 0.05) is 44.8 Å². The average Bonchev–Trinajstić information content (AvgIpc) is 2.62. The van der Waals surface area contributed by atoms with E-state index in [2.05, 4.69) is 0 Å². The minimum Gasteiger partial charge on any atom is -0.335 e. The Morgan fingerprint density at radius 1 is 1.13 bits per heavy atom. The molecule has 3 amide bonds. The van der Waals surface area contributed by atoms with Gasteiger partial charge in [-0.2, -0.15) is 5.26 Å². The van der Waals surface area contributed by atoms with Gasteiger partial charge in [-0.3, -0.25) is 4.79 Å². The second kappa shape index (κ2) is 7.63. The van der Waals surface area contributed by atoms with Crippen molar-refractivity contribution in [2.45, 2.75) is 13.8 Å². The maximum absolute atomic E-state index is 12.5. The number of piperazine rings is 1. The van der Waals surface area contributed by atoms with Crippen LogP contribution >= 0.6 is 0 Å². The summed E-state index contributed by atoms with van der Waals surface area (Å²) in [5.41, 5.74) is 0.999. The summed E-state index contributed by atoms with van der Waals surface area (Å²) in [6, 6.07) is 8.80. The molecule has 0 spiro atoms. The highest BCUT2D eigenvalue weighted by Gasteiger charge is 2.26. The average molecular weight is 314 g/mol. The van der Waals surface area contributed by atoms with E-state index < -0.39 is 0 Å². The predicted octanol–water partition coefficient (Wildman–Crippen LogP) is 1.78. The van der Waals surface area contributed by atoms with Crippen molar-refractivity contribution in [1.29, 1.82) is 5.26 Å². The fourth-order valence-corrected chi connectivity index (χ4v) is 2.70. The lowest BCUT2D eigenvalue weighted by atomic mass is 10.1. The van der Waals surface area contributed by atoms with Crippen molar-refractivity contribution in [3.05, 3.63) is 35.4 Å². The van der Waals surface area contributed by atoms with Crippen LogP contribution in [0.3, 0.4) is 0 Å². The van der Waals surface area contributed by atoms with Crippen molar-refractivity contribution in [1.82, 2.24) is 14.7 Å². The molecular weight excluding hydrogens is 292 g/mol. The molecule has 0 bridgehead atoms. The molecule has 0 atom stereocenters. The summed E-state index contributed by atoms with van der Waals surface area (Å²) in [6.45, 7) is 7.42. The summed E-state index contributed by atoms with van der Waals surface area (Å²) in [4.78, 5) is 30.1. The molecule has 1 fully saturated rings. The molecule has 0 aromatic heterocycles. The molecule has 0 radical (unpaired) electrons. The smallest absolute Gasteiger partial charge is 0.320 e. The Morgan fingerprint density at radius 2 is 1.74 bits per heavy atom. The van der Waals surface area contributed by atoms with Gasteiger partial charge < -0.3 is 14.7 Å². The Morgan fingerprint density at radius 3 is 2.30 bits per heavy atom. The number of nitrogens with zero attached hydrogens (tertiary/aromatic N) is 4. The highest BCUT2D eigenvalue weighted by Crippen LogP contribution is 2.12. The molecule has 1 aliphatic heterocycles. The van der Waals surface area contributed by atoms with Crippen LogP contribution in [0.1, 0.15) is 29.8 Å². The molecule has 1 saturated heterocycles.